The Labute approximate surface area is 183 Å². The van der Waals surface area contributed by atoms with E-state index in [4.69, 9.17) is 9.47 Å². The van der Waals surface area contributed by atoms with Crippen molar-refractivity contribution in [3.05, 3.63) is 35.9 Å². The zero-order valence-corrected chi connectivity index (χ0v) is 18.0. The molecule has 1 amide bonds. The number of carbonyl (C=O) groups is 1. The van der Waals surface area contributed by atoms with Gasteiger partial charge < -0.3 is 20.1 Å². The molecule has 3 aromatic heterocycles. The molecule has 0 aromatic carbocycles. The molecule has 2 saturated carbocycles. The summed E-state index contributed by atoms with van der Waals surface area (Å²) >= 11 is 0. The Balaban J connectivity index is 1.25. The third-order valence-electron chi connectivity index (χ3n) is 6.12. The first-order chi connectivity index (χ1) is 15.4. The Hall–Kier alpha value is -3.21. The highest BCUT2D eigenvalue weighted by Crippen LogP contribution is 2.39. The molecule has 2 aliphatic carbocycles. The van der Waals surface area contributed by atoms with Gasteiger partial charge in [0.05, 0.1) is 12.3 Å². The van der Waals surface area contributed by atoms with Gasteiger partial charge in [-0.2, -0.15) is 5.10 Å². The number of fused-ring (bicyclic) bond motifs is 1. The van der Waals surface area contributed by atoms with E-state index in [-0.39, 0.29) is 5.54 Å². The van der Waals surface area contributed by atoms with E-state index < -0.39 is 24.3 Å². The van der Waals surface area contributed by atoms with Crippen LogP contribution in [0.1, 0.15) is 49.9 Å². The summed E-state index contributed by atoms with van der Waals surface area (Å²) in [6.07, 6.45) is 3.77. The number of rotatable bonds is 7. The predicted molar refractivity (Wildman–Crippen MR) is 113 cm³/mol. The van der Waals surface area contributed by atoms with Crippen LogP contribution in [0.4, 0.5) is 21.0 Å². The predicted octanol–water partition coefficient (Wildman–Crippen LogP) is 3.21. The quantitative estimate of drug-likeness (QED) is 0.513. The van der Waals surface area contributed by atoms with Crippen LogP contribution in [0.15, 0.2) is 24.5 Å². The number of nitrogens with one attached hydrogen (secondary N) is 3. The zero-order chi connectivity index (χ0) is 22.3. The second-order valence-electron chi connectivity index (χ2n) is 8.75. The summed E-state index contributed by atoms with van der Waals surface area (Å²) in [4.78, 5) is 20.9. The molecule has 0 spiro atoms. The maximum absolute atomic E-state index is 15.1. The monoisotopic (exact) mass is 443 g/mol. The molecule has 0 saturated heterocycles. The van der Waals surface area contributed by atoms with Crippen LogP contribution in [0, 0.1) is 0 Å². The number of anilines is 2. The van der Waals surface area contributed by atoms with Gasteiger partial charge in [0.15, 0.2) is 5.82 Å². The maximum atomic E-state index is 15.1. The van der Waals surface area contributed by atoms with Crippen LogP contribution in [0.2, 0.25) is 0 Å². The number of amides is 1. The lowest BCUT2D eigenvalue weighted by Gasteiger charge is -2.19. The fraction of sp³-hybridized carbons (Fsp3) is 0.524. The first-order valence-corrected chi connectivity index (χ1v) is 10.7. The molecule has 11 heteroatoms. The van der Waals surface area contributed by atoms with Gasteiger partial charge in [-0.05, 0) is 38.7 Å². The van der Waals surface area contributed by atoms with Crippen molar-refractivity contribution in [2.24, 2.45) is 0 Å². The Kier molecular flexibility index (Phi) is 5.20. The van der Waals surface area contributed by atoms with Crippen molar-refractivity contribution in [1.82, 2.24) is 29.9 Å². The summed E-state index contributed by atoms with van der Waals surface area (Å²) in [6, 6.07) is 3.56. The molecular weight excluding hydrogens is 417 g/mol. The lowest BCUT2D eigenvalue weighted by Crippen LogP contribution is -2.38. The van der Waals surface area contributed by atoms with Crippen molar-refractivity contribution in [1.29, 1.82) is 0 Å². The van der Waals surface area contributed by atoms with Crippen molar-refractivity contribution in [3.8, 4) is 0 Å². The molecule has 0 bridgehead atoms. The van der Waals surface area contributed by atoms with Gasteiger partial charge in [-0.3, -0.25) is 9.50 Å². The van der Waals surface area contributed by atoms with Crippen molar-refractivity contribution < 1.29 is 18.7 Å². The van der Waals surface area contributed by atoms with Crippen LogP contribution in [0.3, 0.4) is 0 Å². The molecule has 2 fully saturated rings. The molecule has 32 heavy (non-hydrogen) atoms. The van der Waals surface area contributed by atoms with E-state index in [1.54, 1.807) is 29.8 Å². The number of H-pyrrole nitrogens is 1. The molecule has 2 aliphatic rings. The van der Waals surface area contributed by atoms with Crippen LogP contribution in [-0.2, 0) is 16.1 Å². The van der Waals surface area contributed by atoms with E-state index >= 15 is 4.39 Å². The smallest absolute Gasteiger partial charge is 0.407 e. The Morgan fingerprint density at radius 3 is 3.03 bits per heavy atom. The van der Waals surface area contributed by atoms with Crippen LogP contribution in [0.25, 0.3) is 5.65 Å². The van der Waals surface area contributed by atoms with Crippen LogP contribution in [-0.4, -0.2) is 55.6 Å². The summed E-state index contributed by atoms with van der Waals surface area (Å²) in [5.74, 6) is 0.626. The van der Waals surface area contributed by atoms with E-state index in [1.165, 1.54) is 0 Å². The maximum Gasteiger partial charge on any atom is 0.407 e. The average molecular weight is 443 g/mol. The van der Waals surface area contributed by atoms with E-state index in [0.717, 1.165) is 24.2 Å². The van der Waals surface area contributed by atoms with Crippen molar-refractivity contribution in [2.45, 2.75) is 62.9 Å². The summed E-state index contributed by atoms with van der Waals surface area (Å²) in [6.45, 7) is 2.35. The number of nitrogens with zero attached hydrogens (tertiary/aromatic N) is 4. The molecule has 5 rings (SSSR count). The van der Waals surface area contributed by atoms with Crippen molar-refractivity contribution in [2.75, 3.05) is 12.4 Å². The third kappa shape index (κ3) is 4.12. The molecule has 0 aliphatic heterocycles. The molecule has 0 unspecified atom stereocenters. The Morgan fingerprint density at radius 2 is 2.25 bits per heavy atom. The van der Waals surface area contributed by atoms with Gasteiger partial charge in [-0.1, -0.05) is 0 Å². The van der Waals surface area contributed by atoms with E-state index in [9.17, 15) is 4.79 Å². The van der Waals surface area contributed by atoms with E-state index in [0.29, 0.717) is 36.9 Å². The zero-order valence-electron chi connectivity index (χ0n) is 18.0. The molecular formula is C21H26FN7O3. The number of imidazole rings is 1. The first kappa shape index (κ1) is 20.7. The highest BCUT2D eigenvalue weighted by Gasteiger charge is 2.43. The molecule has 0 radical (unpaired) electrons. The number of ether oxygens (including phenoxy) is 2. The number of carbonyl (C=O) groups excluding carboxylic acids is 1. The Morgan fingerprint density at radius 1 is 1.41 bits per heavy atom. The van der Waals surface area contributed by atoms with Crippen molar-refractivity contribution >= 4 is 23.5 Å². The van der Waals surface area contributed by atoms with Crippen LogP contribution >= 0.6 is 0 Å². The lowest BCUT2D eigenvalue weighted by atomic mass is 10.0. The number of aromatic amines is 1. The fourth-order valence-corrected chi connectivity index (χ4v) is 4.08. The van der Waals surface area contributed by atoms with Crippen LogP contribution < -0.4 is 10.6 Å². The molecule has 3 heterocycles. The highest BCUT2D eigenvalue weighted by atomic mass is 19.1. The Bertz CT molecular complexity index is 1130. The van der Waals surface area contributed by atoms with Gasteiger partial charge in [0.1, 0.15) is 17.9 Å². The topological polar surface area (TPSA) is 118 Å². The summed E-state index contributed by atoms with van der Waals surface area (Å²) in [5, 5.41) is 13.1. The number of methoxy groups -OCH3 is 1. The van der Waals surface area contributed by atoms with Gasteiger partial charge in [0.2, 0.25) is 5.95 Å². The number of hydrogen-bond acceptors (Lipinski definition) is 7. The number of aromatic nitrogens is 5. The average Bonchev–Trinajstić information content (AvgIpc) is 3.12. The normalized spacial score (nSPS) is 23.9. The fourth-order valence-electron chi connectivity index (χ4n) is 4.08. The number of alkyl halides is 1. The standard InChI is InChI=1S/C21H26FN7O3/c1-21(6-7-21)26-20(30)32-15-4-3-13(18(15)22)14-9-16(28-27-14)25-19-23-8-5-17-24-12(11-31-2)10-29(17)19/h5,8-10,13,15,18H,3-4,6-7,11H2,1-2H3,(H,26,30)(H2,23,25,27,28)/t13-,15-,18+/m0/s1. The lowest BCUT2D eigenvalue weighted by molar-refractivity contribution is 0.0546. The second-order valence-corrected chi connectivity index (χ2v) is 8.75. The molecule has 3 atom stereocenters. The number of hydrogen-bond donors (Lipinski definition) is 3. The van der Waals surface area contributed by atoms with Crippen LogP contribution in [0.5, 0.6) is 0 Å². The minimum atomic E-state index is -1.30. The van der Waals surface area contributed by atoms with Gasteiger partial charge >= 0.3 is 6.09 Å². The summed E-state index contributed by atoms with van der Waals surface area (Å²) < 4.78 is 27.4. The highest BCUT2D eigenvalue weighted by molar-refractivity contribution is 5.69. The largest absolute Gasteiger partial charge is 0.443 e. The SMILES string of the molecule is COCc1cn2c(Nc3cc([C@@H]4CC[C@H](OC(=O)NC5(C)CC5)[C@@H]4F)[nH]n3)nccc2n1. The molecule has 10 nitrogen and oxygen atoms in total. The van der Waals surface area contributed by atoms with Gasteiger partial charge in [-0.15, -0.1) is 0 Å². The van der Waals surface area contributed by atoms with Gasteiger partial charge in [0, 0.05) is 42.7 Å². The number of alkyl carbamates (subject to hydrolysis) is 1. The second kappa shape index (κ2) is 8.05. The van der Waals surface area contributed by atoms with E-state index in [2.05, 4.69) is 30.8 Å². The van der Waals surface area contributed by atoms with Gasteiger partial charge in [-0.25, -0.2) is 19.2 Å². The molecule has 3 aromatic rings. The molecule has 170 valence electrons. The minimum absolute atomic E-state index is 0.193. The van der Waals surface area contributed by atoms with E-state index in [1.807, 2.05) is 13.1 Å². The summed E-state index contributed by atoms with van der Waals surface area (Å²) in [5.41, 5.74) is 1.96. The molecule has 3 N–H and O–H groups in total. The summed E-state index contributed by atoms with van der Waals surface area (Å²) in [7, 11) is 1.61. The van der Waals surface area contributed by atoms with Crippen molar-refractivity contribution in [3.63, 3.8) is 0 Å². The number of halogens is 1. The van der Waals surface area contributed by atoms with Gasteiger partial charge in [0.25, 0.3) is 0 Å². The minimum Gasteiger partial charge on any atom is -0.443 e. The third-order valence-corrected chi connectivity index (χ3v) is 6.12. The first-order valence-electron chi connectivity index (χ1n) is 10.7.